The van der Waals surface area contributed by atoms with Crippen molar-refractivity contribution in [2.24, 2.45) is 0 Å². The Kier molecular flexibility index (Phi) is 14.5. The maximum atomic E-state index is 14.0. The first-order valence-electron chi connectivity index (χ1n) is 18.8. The Balaban J connectivity index is 1.19. The lowest BCUT2D eigenvalue weighted by atomic mass is 10.1. The minimum atomic E-state index is -1.91. The van der Waals surface area contributed by atoms with Crippen LogP contribution in [0.3, 0.4) is 0 Å². The normalized spacial score (nSPS) is 22.3. The number of hydrogen-bond donors (Lipinski definition) is 0. The van der Waals surface area contributed by atoms with Gasteiger partial charge in [0, 0.05) is 38.8 Å². The van der Waals surface area contributed by atoms with E-state index < -0.39 is 36.1 Å². The molecule has 6 rings (SSSR count). The van der Waals surface area contributed by atoms with Crippen molar-refractivity contribution in [2.75, 3.05) is 67.7 Å². The number of ether oxygens (including phenoxy) is 8. The molecule has 6 unspecified atom stereocenters. The summed E-state index contributed by atoms with van der Waals surface area (Å²) in [7, 11) is 7.44. The number of rotatable bonds is 18. The van der Waals surface area contributed by atoms with E-state index >= 15 is 0 Å². The molecule has 2 aliphatic rings. The Labute approximate surface area is 327 Å². The Morgan fingerprint density at radius 3 is 1.30 bits per heavy atom. The van der Waals surface area contributed by atoms with E-state index in [4.69, 9.17) is 46.7 Å². The summed E-state index contributed by atoms with van der Waals surface area (Å²) in [6.45, 7) is 1.29. The van der Waals surface area contributed by atoms with Crippen LogP contribution in [0.5, 0.6) is 0 Å². The molecule has 0 saturated carbocycles. The lowest BCUT2D eigenvalue weighted by molar-refractivity contribution is -0.349. The number of furan rings is 2. The quantitative estimate of drug-likeness (QED) is 0.0771. The van der Waals surface area contributed by atoms with Gasteiger partial charge in [-0.2, -0.15) is 0 Å². The maximum absolute atomic E-state index is 14.0. The van der Waals surface area contributed by atoms with Gasteiger partial charge in [0.25, 0.3) is 11.6 Å². The molecule has 0 radical (unpaired) electrons. The van der Waals surface area contributed by atoms with Gasteiger partial charge in [-0.25, -0.2) is 9.59 Å². The number of hydrogen-bond acceptors (Lipinski definition) is 14. The van der Waals surface area contributed by atoms with Crippen molar-refractivity contribution in [3.05, 3.63) is 120 Å². The van der Waals surface area contributed by atoms with Gasteiger partial charge in [0.05, 0.1) is 51.2 Å². The van der Waals surface area contributed by atoms with E-state index in [1.807, 2.05) is 98.7 Å². The minimum absolute atomic E-state index is 0.0412. The van der Waals surface area contributed by atoms with Crippen molar-refractivity contribution in [1.29, 1.82) is 0 Å². The van der Waals surface area contributed by atoms with Crippen LogP contribution in [-0.2, 0) is 71.9 Å². The summed E-state index contributed by atoms with van der Waals surface area (Å²) in [5.41, 5.74) is 2.22. The highest BCUT2D eigenvalue weighted by Crippen LogP contribution is 2.38. The molecule has 56 heavy (non-hydrogen) atoms. The number of carbonyl (C=O) groups is 2. The molecule has 302 valence electrons. The zero-order valence-electron chi connectivity index (χ0n) is 32.4. The van der Waals surface area contributed by atoms with Crippen molar-refractivity contribution < 1.29 is 56.3 Å². The SMILES string of the molecule is CN(C)CCC(OC(=O)C(=O)OC(CCN(C)C)(OC1COC(Cc2ccccc2)CO1)c1ccco1)(OC1COC(Cc2ccccc2)CO1)c1ccco1. The summed E-state index contributed by atoms with van der Waals surface area (Å²) in [6.07, 6.45) is 1.95. The molecular weight excluding hydrogens is 724 g/mol. The Morgan fingerprint density at radius 1 is 0.571 bits per heavy atom. The number of esters is 2. The average Bonchev–Trinajstić information content (AvgIpc) is 3.95. The summed E-state index contributed by atoms with van der Waals surface area (Å²) in [5, 5.41) is 0. The number of nitrogens with zero attached hydrogens (tertiary/aromatic N) is 2. The molecule has 14 nitrogen and oxygen atoms in total. The zero-order valence-corrected chi connectivity index (χ0v) is 32.4. The maximum Gasteiger partial charge on any atom is 0.420 e. The second-order valence-electron chi connectivity index (χ2n) is 14.4. The lowest BCUT2D eigenvalue weighted by Crippen LogP contribution is -2.49. The fourth-order valence-corrected chi connectivity index (χ4v) is 6.45. The van der Waals surface area contributed by atoms with E-state index in [9.17, 15) is 9.59 Å². The highest BCUT2D eigenvalue weighted by molar-refractivity contribution is 6.29. The van der Waals surface area contributed by atoms with Gasteiger partial charge in [-0.05, 0) is 63.6 Å². The van der Waals surface area contributed by atoms with Gasteiger partial charge in [-0.1, -0.05) is 60.7 Å². The van der Waals surface area contributed by atoms with Crippen LogP contribution in [0.1, 0.15) is 35.5 Å². The van der Waals surface area contributed by atoms with Gasteiger partial charge in [0.15, 0.2) is 24.1 Å². The Hall–Kier alpha value is -4.38. The van der Waals surface area contributed by atoms with E-state index in [-0.39, 0.29) is 63.0 Å². The summed E-state index contributed by atoms with van der Waals surface area (Å²) < 4.78 is 60.9. The van der Waals surface area contributed by atoms with E-state index in [2.05, 4.69) is 0 Å². The van der Waals surface area contributed by atoms with Crippen molar-refractivity contribution in [3.8, 4) is 0 Å². The fraction of sp³-hybridized carbons (Fsp3) is 0.476. The lowest BCUT2D eigenvalue weighted by Gasteiger charge is -2.39. The van der Waals surface area contributed by atoms with E-state index in [1.165, 1.54) is 12.5 Å². The average molecular weight is 777 g/mol. The molecule has 2 aromatic heterocycles. The summed E-state index contributed by atoms with van der Waals surface area (Å²) in [5.74, 6) is -6.23. The summed E-state index contributed by atoms with van der Waals surface area (Å²) in [6, 6.07) is 26.4. The Morgan fingerprint density at radius 2 is 0.982 bits per heavy atom. The molecule has 0 N–H and O–H groups in total. The molecule has 2 saturated heterocycles. The molecule has 0 spiro atoms. The van der Waals surface area contributed by atoms with Crippen molar-refractivity contribution in [1.82, 2.24) is 9.80 Å². The molecule has 2 aromatic carbocycles. The minimum Gasteiger partial charge on any atom is -0.462 e. The summed E-state index contributed by atoms with van der Waals surface area (Å²) in [4.78, 5) is 31.8. The summed E-state index contributed by atoms with van der Waals surface area (Å²) >= 11 is 0. The topological polar surface area (TPSA) is 141 Å². The van der Waals surface area contributed by atoms with Crippen LogP contribution in [0, 0.1) is 0 Å². The molecular formula is C42H52N2O12. The molecule has 0 bridgehead atoms. The number of carbonyl (C=O) groups excluding carboxylic acids is 2. The third-order valence-electron chi connectivity index (χ3n) is 9.38. The monoisotopic (exact) mass is 776 g/mol. The molecule has 14 heteroatoms. The van der Waals surface area contributed by atoms with Crippen LogP contribution >= 0.6 is 0 Å². The van der Waals surface area contributed by atoms with E-state index in [1.54, 1.807) is 24.3 Å². The second kappa shape index (κ2) is 19.7. The standard InChI is InChI=1S/C42H52N2O12/c1-43(2)21-19-41(35-17-11-23-47-35,53-37-29-49-33(27-51-37)25-31-13-7-5-8-14-31)55-39(45)40(46)56-42(20-22-44(3)4,36-18-12-24-48-36)54-38-30-50-34(28-52-38)26-32-15-9-6-10-16-32/h5-18,23-24,33-34,37-38H,19-22,25-30H2,1-4H3. The van der Waals surface area contributed by atoms with Gasteiger partial charge >= 0.3 is 11.9 Å². The second-order valence-corrected chi connectivity index (χ2v) is 14.4. The molecule has 2 aliphatic heterocycles. The molecule has 4 heterocycles. The van der Waals surface area contributed by atoms with Gasteiger partial charge < -0.3 is 56.5 Å². The molecule has 0 aliphatic carbocycles. The van der Waals surface area contributed by atoms with Crippen LogP contribution < -0.4 is 0 Å². The third kappa shape index (κ3) is 11.4. The van der Waals surface area contributed by atoms with Crippen molar-refractivity contribution in [2.45, 2.75) is 62.0 Å². The molecule has 6 atom stereocenters. The first kappa shape index (κ1) is 41.3. The van der Waals surface area contributed by atoms with Gasteiger partial charge in [-0.15, -0.1) is 0 Å². The van der Waals surface area contributed by atoms with Gasteiger partial charge in [0.1, 0.15) is 0 Å². The predicted octanol–water partition coefficient (Wildman–Crippen LogP) is 4.87. The van der Waals surface area contributed by atoms with Crippen LogP contribution in [0.4, 0.5) is 0 Å². The Bertz CT molecular complexity index is 1610. The highest BCUT2D eigenvalue weighted by atomic mass is 16.8. The molecule has 4 aromatic rings. The van der Waals surface area contributed by atoms with E-state index in [0.29, 0.717) is 25.9 Å². The third-order valence-corrected chi connectivity index (χ3v) is 9.38. The smallest absolute Gasteiger partial charge is 0.420 e. The van der Waals surface area contributed by atoms with Crippen LogP contribution in [0.2, 0.25) is 0 Å². The van der Waals surface area contributed by atoms with Crippen molar-refractivity contribution in [3.63, 3.8) is 0 Å². The van der Waals surface area contributed by atoms with Gasteiger partial charge in [0.2, 0.25) is 0 Å². The van der Waals surface area contributed by atoms with Crippen LogP contribution in [-0.4, -0.2) is 114 Å². The van der Waals surface area contributed by atoms with E-state index in [0.717, 1.165) is 11.1 Å². The molecule has 2 fully saturated rings. The van der Waals surface area contributed by atoms with Crippen molar-refractivity contribution >= 4 is 11.9 Å². The zero-order chi connectivity index (χ0) is 39.4. The first-order valence-corrected chi connectivity index (χ1v) is 18.8. The van der Waals surface area contributed by atoms with Crippen LogP contribution in [0.25, 0.3) is 0 Å². The largest absolute Gasteiger partial charge is 0.462 e. The predicted molar refractivity (Wildman–Crippen MR) is 201 cm³/mol. The first-order chi connectivity index (χ1) is 27.1. The molecule has 0 amide bonds. The number of benzene rings is 2. The van der Waals surface area contributed by atoms with Gasteiger partial charge in [-0.3, -0.25) is 0 Å². The fourth-order valence-electron chi connectivity index (χ4n) is 6.45. The van der Waals surface area contributed by atoms with Crippen LogP contribution in [0.15, 0.2) is 106 Å². The highest BCUT2D eigenvalue weighted by Gasteiger charge is 2.49.